The van der Waals surface area contributed by atoms with Crippen molar-refractivity contribution in [2.45, 2.75) is 19.3 Å². The monoisotopic (exact) mass is 436 g/mol. The molecule has 0 aromatic carbocycles. The first kappa shape index (κ1) is 20.7. The number of halogens is 6. The van der Waals surface area contributed by atoms with E-state index in [1.165, 1.54) is 24.3 Å². The van der Waals surface area contributed by atoms with Crippen LogP contribution in [0.5, 0.6) is 0 Å². The zero-order valence-electron chi connectivity index (χ0n) is 16.2. The molecule has 0 aliphatic heterocycles. The van der Waals surface area contributed by atoms with E-state index >= 15 is 0 Å². The van der Waals surface area contributed by atoms with Gasteiger partial charge in [0.1, 0.15) is 11.6 Å². The number of aromatic nitrogens is 4. The number of hydrogen-bond acceptors (Lipinski definition) is 2. The van der Waals surface area contributed by atoms with Crippen LogP contribution in [-0.4, -0.2) is 19.1 Å². The summed E-state index contributed by atoms with van der Waals surface area (Å²) in [6, 6.07) is 8.98. The molecule has 4 nitrogen and oxygen atoms in total. The number of pyridine rings is 2. The van der Waals surface area contributed by atoms with E-state index in [-0.39, 0.29) is 11.6 Å². The number of hydrogen-bond donors (Lipinski definition) is 0. The van der Waals surface area contributed by atoms with Gasteiger partial charge in [0.05, 0.1) is 23.8 Å². The second-order valence-corrected chi connectivity index (χ2v) is 7.29. The van der Waals surface area contributed by atoms with Crippen molar-refractivity contribution in [2.75, 3.05) is 0 Å². The lowest BCUT2D eigenvalue weighted by Gasteiger charge is -2.24. The lowest BCUT2D eigenvalue weighted by molar-refractivity contribution is 0.443. The first-order chi connectivity index (χ1) is 14.6. The van der Waals surface area contributed by atoms with Crippen LogP contribution in [0.4, 0.5) is 26.3 Å². The molecule has 31 heavy (non-hydrogen) atoms. The zero-order valence-corrected chi connectivity index (χ0v) is 16.2. The smallest absolute Gasteiger partial charge is 0.238 e. The van der Waals surface area contributed by atoms with Gasteiger partial charge >= 0.3 is 0 Å². The van der Waals surface area contributed by atoms with Crippen molar-refractivity contribution in [3.05, 3.63) is 95.3 Å². The minimum absolute atomic E-state index is 0.0670. The normalized spacial score (nSPS) is 11.9. The fraction of sp³-hybridized carbons (Fsp3) is 0.143. The standard InChI is InChI=1S/C21H14F6N4/c1-21(2,13-5-3-7-15(28-13)30-9-11(22)17(24)19(30)26)14-6-4-8-16(29-14)31-10-12(23)18(25)20(31)27/h3-10H,1-2H3. The molecule has 0 aliphatic rings. The van der Waals surface area contributed by atoms with Crippen molar-refractivity contribution < 1.29 is 26.3 Å². The van der Waals surface area contributed by atoms with Gasteiger partial charge in [-0.25, -0.2) is 18.7 Å². The first-order valence-electron chi connectivity index (χ1n) is 9.00. The average molecular weight is 436 g/mol. The average Bonchev–Trinajstić information content (AvgIpc) is 3.18. The molecule has 0 unspecified atom stereocenters. The van der Waals surface area contributed by atoms with E-state index in [4.69, 9.17) is 0 Å². The molecule has 4 aromatic heterocycles. The fourth-order valence-electron chi connectivity index (χ4n) is 3.14. The van der Waals surface area contributed by atoms with Crippen LogP contribution in [0.25, 0.3) is 11.6 Å². The van der Waals surface area contributed by atoms with E-state index in [2.05, 4.69) is 9.97 Å². The van der Waals surface area contributed by atoms with Crippen LogP contribution in [0, 0.1) is 35.2 Å². The Morgan fingerprint density at radius 1 is 0.645 bits per heavy atom. The van der Waals surface area contributed by atoms with Gasteiger partial charge in [0, 0.05) is 5.41 Å². The van der Waals surface area contributed by atoms with Crippen molar-refractivity contribution >= 4 is 0 Å². The molecule has 0 spiro atoms. The predicted molar refractivity (Wildman–Crippen MR) is 99.0 cm³/mol. The van der Waals surface area contributed by atoms with Gasteiger partial charge in [-0.3, -0.25) is 9.13 Å². The highest BCUT2D eigenvalue weighted by Gasteiger charge is 2.28. The lowest BCUT2D eigenvalue weighted by atomic mass is 9.84. The van der Waals surface area contributed by atoms with Crippen LogP contribution in [0.15, 0.2) is 48.8 Å². The Morgan fingerprint density at radius 2 is 1.03 bits per heavy atom. The maximum Gasteiger partial charge on any atom is 0.238 e. The van der Waals surface area contributed by atoms with Gasteiger partial charge < -0.3 is 0 Å². The molecule has 0 bridgehead atoms. The summed E-state index contributed by atoms with van der Waals surface area (Å²) in [4.78, 5) is 8.59. The van der Waals surface area contributed by atoms with Gasteiger partial charge in [-0.15, -0.1) is 0 Å². The molecule has 0 saturated heterocycles. The Kier molecular flexibility index (Phi) is 4.87. The van der Waals surface area contributed by atoms with E-state index in [1.54, 1.807) is 26.0 Å². The number of nitrogens with zero attached hydrogens (tertiary/aromatic N) is 4. The second-order valence-electron chi connectivity index (χ2n) is 7.29. The topological polar surface area (TPSA) is 35.6 Å². The largest absolute Gasteiger partial charge is 0.272 e. The molecule has 10 heteroatoms. The molecule has 0 N–H and O–H groups in total. The molecule has 0 amide bonds. The SMILES string of the molecule is CC(C)(c1cccc(-n2cc(F)c(F)c2F)n1)c1cccc(-n2cc(F)c(F)c2F)n1. The van der Waals surface area contributed by atoms with Crippen LogP contribution in [-0.2, 0) is 5.41 Å². The Bertz CT molecular complexity index is 1190. The van der Waals surface area contributed by atoms with E-state index in [9.17, 15) is 26.3 Å². The first-order valence-corrected chi connectivity index (χ1v) is 9.00. The van der Waals surface area contributed by atoms with E-state index in [1.807, 2.05) is 0 Å². The third-order valence-electron chi connectivity index (χ3n) is 4.93. The van der Waals surface area contributed by atoms with E-state index in [0.29, 0.717) is 32.9 Å². The summed E-state index contributed by atoms with van der Waals surface area (Å²) >= 11 is 0. The Balaban J connectivity index is 1.77. The maximum atomic E-state index is 14.0. The van der Waals surface area contributed by atoms with Gasteiger partial charge in [-0.05, 0) is 38.1 Å². The molecule has 0 atom stereocenters. The van der Waals surface area contributed by atoms with Crippen LogP contribution in [0.1, 0.15) is 25.2 Å². The van der Waals surface area contributed by atoms with Crippen molar-refractivity contribution in [3.8, 4) is 11.6 Å². The van der Waals surface area contributed by atoms with Crippen LogP contribution in [0.3, 0.4) is 0 Å². The summed E-state index contributed by atoms with van der Waals surface area (Å²) in [6.07, 6.45) is 1.28. The molecular weight excluding hydrogens is 422 g/mol. The molecule has 0 fully saturated rings. The molecule has 0 saturated carbocycles. The molecular formula is C21H14F6N4. The molecule has 0 aliphatic carbocycles. The molecule has 4 rings (SSSR count). The summed E-state index contributed by atoms with van der Waals surface area (Å²) in [5, 5.41) is 0. The van der Waals surface area contributed by atoms with Crippen LogP contribution in [0.2, 0.25) is 0 Å². The lowest BCUT2D eigenvalue weighted by Crippen LogP contribution is -2.23. The fourth-order valence-corrected chi connectivity index (χ4v) is 3.14. The third-order valence-corrected chi connectivity index (χ3v) is 4.93. The van der Waals surface area contributed by atoms with Gasteiger partial charge in [-0.2, -0.15) is 17.6 Å². The van der Waals surface area contributed by atoms with Crippen molar-refractivity contribution in [3.63, 3.8) is 0 Å². The summed E-state index contributed by atoms with van der Waals surface area (Å²) in [5.41, 5.74) is -0.240. The number of rotatable bonds is 4. The quantitative estimate of drug-likeness (QED) is 0.412. The molecule has 4 aromatic rings. The van der Waals surface area contributed by atoms with Crippen molar-refractivity contribution in [1.82, 2.24) is 19.1 Å². The van der Waals surface area contributed by atoms with Gasteiger partial charge in [-0.1, -0.05) is 12.1 Å². The summed E-state index contributed by atoms with van der Waals surface area (Å²) in [5.74, 6) is -8.93. The summed E-state index contributed by atoms with van der Waals surface area (Å²) in [6.45, 7) is 3.43. The zero-order chi connectivity index (χ0) is 22.5. The summed E-state index contributed by atoms with van der Waals surface area (Å²) < 4.78 is 82.8. The summed E-state index contributed by atoms with van der Waals surface area (Å²) in [7, 11) is 0. The van der Waals surface area contributed by atoms with Gasteiger partial charge in [0.25, 0.3) is 0 Å². The van der Waals surface area contributed by atoms with Crippen LogP contribution < -0.4 is 0 Å². The minimum Gasteiger partial charge on any atom is -0.272 e. The van der Waals surface area contributed by atoms with E-state index < -0.39 is 40.6 Å². The van der Waals surface area contributed by atoms with E-state index in [0.717, 1.165) is 0 Å². The Morgan fingerprint density at radius 3 is 1.35 bits per heavy atom. The van der Waals surface area contributed by atoms with Crippen molar-refractivity contribution in [1.29, 1.82) is 0 Å². The van der Waals surface area contributed by atoms with Crippen LogP contribution >= 0.6 is 0 Å². The highest BCUT2D eigenvalue weighted by molar-refractivity contribution is 5.37. The van der Waals surface area contributed by atoms with Gasteiger partial charge in [0.15, 0.2) is 11.6 Å². The second kappa shape index (κ2) is 7.29. The molecule has 0 radical (unpaired) electrons. The van der Waals surface area contributed by atoms with Gasteiger partial charge in [0.2, 0.25) is 23.5 Å². The Hall–Kier alpha value is -3.56. The molecule has 160 valence electrons. The molecule has 4 heterocycles. The highest BCUT2D eigenvalue weighted by Crippen LogP contribution is 2.30. The Labute approximate surface area is 172 Å². The third kappa shape index (κ3) is 3.37. The highest BCUT2D eigenvalue weighted by atomic mass is 19.2. The predicted octanol–water partition coefficient (Wildman–Crippen LogP) is 5.22. The minimum atomic E-state index is -1.62. The maximum absolute atomic E-state index is 14.0. The van der Waals surface area contributed by atoms with Crippen molar-refractivity contribution in [2.24, 2.45) is 0 Å².